The summed E-state index contributed by atoms with van der Waals surface area (Å²) in [5.74, 6) is -0.593. The van der Waals surface area contributed by atoms with Gasteiger partial charge in [-0.25, -0.2) is 4.79 Å². The molecule has 0 atom stereocenters. The Morgan fingerprint density at radius 3 is 2.33 bits per heavy atom. The number of nitrogens with two attached hydrogens (primary N) is 1. The molecule has 0 radical (unpaired) electrons. The smallest absolute Gasteiger partial charge is 0.348 e. The van der Waals surface area contributed by atoms with Crippen LogP contribution in [0.25, 0.3) is 0 Å². The van der Waals surface area contributed by atoms with Gasteiger partial charge in [0.2, 0.25) is 0 Å². The Morgan fingerprint density at radius 2 is 1.89 bits per heavy atom. The molecule has 0 aliphatic rings. The number of amides is 1. The summed E-state index contributed by atoms with van der Waals surface area (Å²) in [6.45, 7) is 6.74. The van der Waals surface area contributed by atoms with Crippen LogP contribution >= 0.6 is 11.3 Å². The number of nitrogen functional groups attached to an aromatic ring is 1. The molecule has 6 heteroatoms. The molecule has 100 valence electrons. The summed E-state index contributed by atoms with van der Waals surface area (Å²) in [5.41, 5.74) is 6.86. The number of hydrogen-bond donors (Lipinski definition) is 1. The second-order valence-corrected chi connectivity index (χ2v) is 4.82. The number of methoxy groups -OCH3 is 1. The highest BCUT2D eigenvalue weighted by Crippen LogP contribution is 2.31. The highest BCUT2D eigenvalue weighted by Gasteiger charge is 2.25. The van der Waals surface area contributed by atoms with E-state index in [1.54, 1.807) is 11.8 Å². The Labute approximate surface area is 111 Å². The van der Waals surface area contributed by atoms with Crippen molar-refractivity contribution >= 4 is 28.2 Å². The maximum Gasteiger partial charge on any atom is 0.348 e. The lowest BCUT2D eigenvalue weighted by Crippen LogP contribution is -2.31. The zero-order valence-corrected chi connectivity index (χ0v) is 11.9. The van der Waals surface area contributed by atoms with E-state index in [9.17, 15) is 9.59 Å². The van der Waals surface area contributed by atoms with Gasteiger partial charge in [0.05, 0.1) is 17.7 Å². The third-order valence-corrected chi connectivity index (χ3v) is 3.91. The quantitative estimate of drug-likeness (QED) is 0.848. The van der Waals surface area contributed by atoms with Crippen molar-refractivity contribution in [3.8, 4) is 0 Å². The second-order valence-electron chi connectivity index (χ2n) is 3.76. The predicted molar refractivity (Wildman–Crippen MR) is 72.1 cm³/mol. The van der Waals surface area contributed by atoms with Gasteiger partial charge in [0.1, 0.15) is 4.88 Å². The zero-order chi connectivity index (χ0) is 13.9. The van der Waals surface area contributed by atoms with Crippen molar-refractivity contribution in [3.05, 3.63) is 16.0 Å². The molecule has 0 aliphatic heterocycles. The molecular weight excluding hydrogens is 252 g/mol. The predicted octanol–water partition coefficient (Wildman–Crippen LogP) is 1.91. The topological polar surface area (TPSA) is 72.6 Å². The fraction of sp³-hybridized carbons (Fsp3) is 0.500. The van der Waals surface area contributed by atoms with E-state index in [0.29, 0.717) is 34.1 Å². The number of carbonyl (C=O) groups excluding carboxylic acids is 2. The largest absolute Gasteiger partial charge is 0.465 e. The number of hydrogen-bond acceptors (Lipinski definition) is 5. The summed E-state index contributed by atoms with van der Waals surface area (Å²) >= 11 is 1.10. The van der Waals surface area contributed by atoms with Crippen LogP contribution in [0.4, 0.5) is 5.00 Å². The molecule has 2 N–H and O–H groups in total. The molecule has 0 fully saturated rings. The molecule has 1 aromatic rings. The molecule has 18 heavy (non-hydrogen) atoms. The highest BCUT2D eigenvalue weighted by molar-refractivity contribution is 7.18. The van der Waals surface area contributed by atoms with E-state index >= 15 is 0 Å². The number of ether oxygens (including phenoxy) is 1. The first-order chi connectivity index (χ1) is 8.47. The van der Waals surface area contributed by atoms with Crippen molar-refractivity contribution < 1.29 is 14.3 Å². The lowest BCUT2D eigenvalue weighted by atomic mass is 10.1. The first kappa shape index (κ1) is 14.5. The highest BCUT2D eigenvalue weighted by atomic mass is 32.1. The van der Waals surface area contributed by atoms with Crippen LogP contribution in [-0.2, 0) is 4.74 Å². The van der Waals surface area contributed by atoms with Crippen LogP contribution in [0.2, 0.25) is 0 Å². The maximum absolute atomic E-state index is 12.3. The van der Waals surface area contributed by atoms with Crippen LogP contribution in [-0.4, -0.2) is 37.0 Å². The lowest BCUT2D eigenvalue weighted by Gasteiger charge is -2.18. The summed E-state index contributed by atoms with van der Waals surface area (Å²) in [4.78, 5) is 25.9. The third kappa shape index (κ3) is 2.48. The molecule has 0 unspecified atom stereocenters. The molecule has 0 spiro atoms. The molecule has 0 saturated carbocycles. The van der Waals surface area contributed by atoms with Gasteiger partial charge in [-0.15, -0.1) is 11.3 Å². The molecule has 1 amide bonds. The Bertz CT molecular complexity index is 464. The summed E-state index contributed by atoms with van der Waals surface area (Å²) in [6, 6.07) is 0. The summed E-state index contributed by atoms with van der Waals surface area (Å²) in [6.07, 6.45) is 0. The van der Waals surface area contributed by atoms with Crippen LogP contribution in [0.3, 0.4) is 0 Å². The number of nitrogens with zero attached hydrogens (tertiary/aromatic N) is 1. The van der Waals surface area contributed by atoms with Crippen molar-refractivity contribution in [1.29, 1.82) is 0 Å². The van der Waals surface area contributed by atoms with Crippen LogP contribution in [0, 0.1) is 6.92 Å². The fourth-order valence-electron chi connectivity index (χ4n) is 1.76. The summed E-state index contributed by atoms with van der Waals surface area (Å²) in [7, 11) is 1.31. The Hall–Kier alpha value is -1.56. The van der Waals surface area contributed by atoms with Crippen LogP contribution in [0.15, 0.2) is 0 Å². The van der Waals surface area contributed by atoms with Gasteiger partial charge >= 0.3 is 5.97 Å². The number of rotatable bonds is 4. The van der Waals surface area contributed by atoms with Gasteiger partial charge in [-0.3, -0.25) is 4.79 Å². The molecule has 0 saturated heterocycles. The molecule has 5 nitrogen and oxygen atoms in total. The van der Waals surface area contributed by atoms with Crippen molar-refractivity contribution in [1.82, 2.24) is 4.90 Å². The normalized spacial score (nSPS) is 10.2. The number of carbonyl (C=O) groups is 2. The van der Waals surface area contributed by atoms with Gasteiger partial charge in [-0.1, -0.05) is 0 Å². The summed E-state index contributed by atoms with van der Waals surface area (Å²) in [5, 5.41) is 0.366. The van der Waals surface area contributed by atoms with Crippen molar-refractivity contribution in [2.24, 2.45) is 0 Å². The number of thiophene rings is 1. The molecule has 0 bridgehead atoms. The van der Waals surface area contributed by atoms with Gasteiger partial charge in [0, 0.05) is 13.1 Å². The Balaban J connectivity index is 3.22. The van der Waals surface area contributed by atoms with E-state index in [-0.39, 0.29) is 5.91 Å². The Morgan fingerprint density at radius 1 is 1.33 bits per heavy atom. The van der Waals surface area contributed by atoms with Crippen LogP contribution in [0.1, 0.15) is 39.4 Å². The van der Waals surface area contributed by atoms with Crippen molar-refractivity contribution in [2.75, 3.05) is 25.9 Å². The molecular formula is C12H18N2O3S. The fourth-order valence-corrected chi connectivity index (χ4v) is 2.74. The molecule has 1 rings (SSSR count). The van der Waals surface area contributed by atoms with E-state index in [0.717, 1.165) is 11.3 Å². The van der Waals surface area contributed by atoms with E-state index in [4.69, 9.17) is 5.73 Å². The average Bonchev–Trinajstić information content (AvgIpc) is 2.65. The lowest BCUT2D eigenvalue weighted by molar-refractivity contribution is 0.0605. The van der Waals surface area contributed by atoms with Crippen molar-refractivity contribution in [3.63, 3.8) is 0 Å². The van der Waals surface area contributed by atoms with E-state index in [1.165, 1.54) is 7.11 Å². The van der Waals surface area contributed by atoms with Gasteiger partial charge in [0.15, 0.2) is 0 Å². The third-order valence-electron chi connectivity index (χ3n) is 2.81. The molecule has 0 aliphatic carbocycles. The first-order valence-electron chi connectivity index (χ1n) is 5.74. The summed E-state index contributed by atoms with van der Waals surface area (Å²) < 4.78 is 4.67. The Kier molecular flexibility index (Phi) is 4.72. The van der Waals surface area contributed by atoms with E-state index in [1.807, 2.05) is 13.8 Å². The van der Waals surface area contributed by atoms with Gasteiger partial charge in [-0.05, 0) is 26.3 Å². The van der Waals surface area contributed by atoms with Gasteiger partial charge in [-0.2, -0.15) is 0 Å². The van der Waals surface area contributed by atoms with Crippen LogP contribution < -0.4 is 5.73 Å². The minimum atomic E-state index is -0.456. The number of anilines is 1. The van der Waals surface area contributed by atoms with Crippen LogP contribution in [0.5, 0.6) is 0 Å². The SMILES string of the molecule is CCN(CC)C(=O)c1c(N)sc(C(=O)OC)c1C. The molecule has 0 aromatic carbocycles. The number of esters is 1. The van der Waals surface area contributed by atoms with E-state index in [2.05, 4.69) is 4.74 Å². The minimum absolute atomic E-state index is 0.138. The second kappa shape index (κ2) is 5.86. The standard InChI is InChI=1S/C12H18N2O3S/c1-5-14(6-2)11(15)8-7(3)9(12(16)17-4)18-10(8)13/h5-6,13H2,1-4H3. The van der Waals surface area contributed by atoms with Crippen molar-refractivity contribution in [2.45, 2.75) is 20.8 Å². The zero-order valence-electron chi connectivity index (χ0n) is 11.1. The maximum atomic E-state index is 12.3. The monoisotopic (exact) mass is 270 g/mol. The minimum Gasteiger partial charge on any atom is -0.465 e. The molecule has 1 heterocycles. The van der Waals surface area contributed by atoms with E-state index < -0.39 is 5.97 Å². The molecule has 1 aromatic heterocycles. The average molecular weight is 270 g/mol. The first-order valence-corrected chi connectivity index (χ1v) is 6.55. The van der Waals surface area contributed by atoms with Gasteiger partial charge in [0.25, 0.3) is 5.91 Å². The van der Waals surface area contributed by atoms with Gasteiger partial charge < -0.3 is 15.4 Å².